The lowest BCUT2D eigenvalue weighted by Gasteiger charge is -2.02. The maximum atomic E-state index is 10.7. The lowest BCUT2D eigenvalue weighted by molar-refractivity contribution is -0.385. The van der Waals surface area contributed by atoms with Crippen LogP contribution in [-0.4, -0.2) is 10.8 Å². The van der Waals surface area contributed by atoms with Gasteiger partial charge in [0, 0.05) is 23.1 Å². The Hall–Kier alpha value is -1.62. The number of aryl methyl sites for hydroxylation is 1. The highest BCUT2D eigenvalue weighted by Gasteiger charge is 2.13. The van der Waals surface area contributed by atoms with Crippen molar-refractivity contribution in [2.24, 2.45) is 5.73 Å². The Morgan fingerprint density at radius 1 is 1.50 bits per heavy atom. The van der Waals surface area contributed by atoms with Gasteiger partial charge in [0.15, 0.2) is 0 Å². The van der Waals surface area contributed by atoms with Crippen LogP contribution in [0.3, 0.4) is 0 Å². The number of nitro groups is 1. The average molecular weight is 243 g/mol. The van der Waals surface area contributed by atoms with Crippen molar-refractivity contribution in [1.82, 2.24) is 0 Å². The number of rotatable bonds is 5. The molecule has 0 unspecified atom stereocenters. The van der Waals surface area contributed by atoms with Crippen LogP contribution in [0, 0.1) is 10.1 Å². The van der Waals surface area contributed by atoms with Gasteiger partial charge >= 0.3 is 0 Å². The van der Waals surface area contributed by atoms with Gasteiger partial charge in [0.2, 0.25) is 5.91 Å². The molecule has 6 heteroatoms. The van der Waals surface area contributed by atoms with Crippen molar-refractivity contribution >= 4 is 23.2 Å². The van der Waals surface area contributed by atoms with Gasteiger partial charge in [-0.2, -0.15) is 0 Å². The minimum atomic E-state index is -0.462. The van der Waals surface area contributed by atoms with Crippen LogP contribution in [0.1, 0.15) is 18.4 Å². The van der Waals surface area contributed by atoms with Crippen molar-refractivity contribution < 1.29 is 9.72 Å². The van der Waals surface area contributed by atoms with E-state index >= 15 is 0 Å². The number of carbonyl (C=O) groups excluding carboxylic acids is 1. The van der Waals surface area contributed by atoms with E-state index in [9.17, 15) is 14.9 Å². The number of benzene rings is 1. The molecule has 1 rings (SSSR count). The number of amides is 1. The summed E-state index contributed by atoms with van der Waals surface area (Å²) in [7, 11) is 0. The summed E-state index contributed by atoms with van der Waals surface area (Å²) < 4.78 is 0. The lowest BCUT2D eigenvalue weighted by atomic mass is 10.1. The third-order valence-corrected chi connectivity index (χ3v) is 2.34. The van der Waals surface area contributed by atoms with Crippen LogP contribution >= 0.6 is 11.6 Å². The molecule has 1 amide bonds. The molecule has 0 saturated carbocycles. The SMILES string of the molecule is NC(=O)CCCc1cc(Cl)ccc1[N+](=O)[O-]. The summed E-state index contributed by atoms with van der Waals surface area (Å²) in [6, 6.07) is 4.37. The molecule has 2 N–H and O–H groups in total. The fourth-order valence-corrected chi connectivity index (χ4v) is 1.58. The maximum Gasteiger partial charge on any atom is 0.272 e. The van der Waals surface area contributed by atoms with E-state index in [4.69, 9.17) is 17.3 Å². The smallest absolute Gasteiger partial charge is 0.272 e. The van der Waals surface area contributed by atoms with E-state index in [0.717, 1.165) is 0 Å². The topological polar surface area (TPSA) is 86.2 Å². The van der Waals surface area contributed by atoms with Gasteiger partial charge < -0.3 is 5.73 Å². The minimum absolute atomic E-state index is 0.0221. The van der Waals surface area contributed by atoms with Crippen molar-refractivity contribution in [2.45, 2.75) is 19.3 Å². The van der Waals surface area contributed by atoms with Crippen molar-refractivity contribution in [3.8, 4) is 0 Å². The first-order valence-corrected chi connectivity index (χ1v) is 5.09. The van der Waals surface area contributed by atoms with Crippen molar-refractivity contribution in [2.75, 3.05) is 0 Å². The number of nitrogens with two attached hydrogens (primary N) is 1. The molecule has 0 fully saturated rings. The first-order chi connectivity index (χ1) is 7.50. The second-order valence-corrected chi connectivity index (χ2v) is 3.79. The molecule has 0 heterocycles. The fraction of sp³-hybridized carbons (Fsp3) is 0.300. The molecule has 1 aromatic rings. The molecule has 0 aliphatic heterocycles. The quantitative estimate of drug-likeness (QED) is 0.633. The molecule has 1 aromatic carbocycles. The number of carbonyl (C=O) groups is 1. The first kappa shape index (κ1) is 12.4. The summed E-state index contributed by atoms with van der Waals surface area (Å²) in [5, 5.41) is 11.1. The van der Waals surface area contributed by atoms with Crippen molar-refractivity contribution in [1.29, 1.82) is 0 Å². The van der Waals surface area contributed by atoms with E-state index in [1.54, 1.807) is 6.07 Å². The Balaban J connectivity index is 2.80. The molecule has 5 nitrogen and oxygen atoms in total. The highest BCUT2D eigenvalue weighted by Crippen LogP contribution is 2.24. The van der Waals surface area contributed by atoms with Gasteiger partial charge in [0.1, 0.15) is 0 Å². The predicted molar refractivity (Wildman–Crippen MR) is 60.2 cm³/mol. The van der Waals surface area contributed by atoms with Crippen LogP contribution in [0.2, 0.25) is 5.02 Å². The van der Waals surface area contributed by atoms with Gasteiger partial charge in [-0.1, -0.05) is 11.6 Å². The number of halogens is 1. The van der Waals surface area contributed by atoms with Crippen LogP contribution in [-0.2, 0) is 11.2 Å². The second kappa shape index (κ2) is 5.46. The molecular weight excluding hydrogens is 232 g/mol. The number of primary amides is 1. The van der Waals surface area contributed by atoms with Crippen LogP contribution in [0.25, 0.3) is 0 Å². The predicted octanol–water partition coefficient (Wildman–Crippen LogP) is 2.06. The van der Waals surface area contributed by atoms with Gasteiger partial charge in [-0.05, 0) is 25.0 Å². The largest absolute Gasteiger partial charge is 0.370 e. The highest BCUT2D eigenvalue weighted by atomic mass is 35.5. The summed E-state index contributed by atoms with van der Waals surface area (Å²) >= 11 is 5.75. The van der Waals surface area contributed by atoms with E-state index in [0.29, 0.717) is 23.4 Å². The summed E-state index contributed by atoms with van der Waals surface area (Å²) in [6.07, 6.45) is 1.11. The molecule has 0 aliphatic carbocycles. The second-order valence-electron chi connectivity index (χ2n) is 3.35. The van der Waals surface area contributed by atoms with Gasteiger partial charge in [0.25, 0.3) is 5.69 Å². The number of hydrogen-bond donors (Lipinski definition) is 1. The molecule has 0 aliphatic rings. The number of nitrogens with zero attached hydrogens (tertiary/aromatic N) is 1. The molecule has 0 aromatic heterocycles. The molecule has 86 valence electrons. The van der Waals surface area contributed by atoms with E-state index in [1.807, 2.05) is 0 Å². The zero-order chi connectivity index (χ0) is 12.1. The van der Waals surface area contributed by atoms with E-state index in [1.165, 1.54) is 12.1 Å². The molecule has 16 heavy (non-hydrogen) atoms. The van der Waals surface area contributed by atoms with Crippen LogP contribution in [0.15, 0.2) is 18.2 Å². The molecule has 0 atom stereocenters. The van der Waals surface area contributed by atoms with Gasteiger partial charge in [0.05, 0.1) is 4.92 Å². The van der Waals surface area contributed by atoms with Gasteiger partial charge in [-0.15, -0.1) is 0 Å². The maximum absolute atomic E-state index is 10.7. The zero-order valence-corrected chi connectivity index (χ0v) is 9.24. The van der Waals surface area contributed by atoms with Gasteiger partial charge in [-0.25, -0.2) is 0 Å². The third-order valence-electron chi connectivity index (χ3n) is 2.11. The molecule has 0 radical (unpaired) electrons. The van der Waals surface area contributed by atoms with Crippen LogP contribution in [0.4, 0.5) is 5.69 Å². The lowest BCUT2D eigenvalue weighted by Crippen LogP contribution is -2.10. The van der Waals surface area contributed by atoms with Crippen molar-refractivity contribution in [3.63, 3.8) is 0 Å². The van der Waals surface area contributed by atoms with Crippen LogP contribution in [0.5, 0.6) is 0 Å². The minimum Gasteiger partial charge on any atom is -0.370 e. The Morgan fingerprint density at radius 3 is 2.75 bits per heavy atom. The summed E-state index contributed by atoms with van der Waals surface area (Å²) in [6.45, 7) is 0. The standard InChI is InChI=1S/C10H11ClN2O3/c11-8-4-5-9(13(15)16)7(6-8)2-1-3-10(12)14/h4-6H,1-3H2,(H2,12,14). The Labute approximate surface area is 97.3 Å². The van der Waals surface area contributed by atoms with E-state index in [2.05, 4.69) is 0 Å². The zero-order valence-electron chi connectivity index (χ0n) is 8.48. The Morgan fingerprint density at radius 2 is 2.19 bits per heavy atom. The monoisotopic (exact) mass is 242 g/mol. The highest BCUT2D eigenvalue weighted by molar-refractivity contribution is 6.30. The summed E-state index contributed by atoms with van der Waals surface area (Å²) in [4.78, 5) is 20.8. The normalized spacial score (nSPS) is 10.1. The Bertz CT molecular complexity index is 421. The first-order valence-electron chi connectivity index (χ1n) is 4.72. The number of hydrogen-bond acceptors (Lipinski definition) is 3. The van der Waals surface area contributed by atoms with E-state index in [-0.39, 0.29) is 12.1 Å². The Kier molecular flexibility index (Phi) is 4.25. The summed E-state index contributed by atoms with van der Waals surface area (Å²) in [5.74, 6) is -0.412. The molecule has 0 spiro atoms. The summed E-state index contributed by atoms with van der Waals surface area (Å²) in [5.41, 5.74) is 5.53. The average Bonchev–Trinajstić information content (AvgIpc) is 2.16. The fourth-order valence-electron chi connectivity index (χ4n) is 1.39. The van der Waals surface area contributed by atoms with Crippen LogP contribution < -0.4 is 5.73 Å². The van der Waals surface area contributed by atoms with Gasteiger partial charge in [-0.3, -0.25) is 14.9 Å². The van der Waals surface area contributed by atoms with Crippen molar-refractivity contribution in [3.05, 3.63) is 38.9 Å². The molecule has 0 saturated heterocycles. The third kappa shape index (κ3) is 3.51. The van der Waals surface area contributed by atoms with E-state index < -0.39 is 10.8 Å². The molecular formula is C10H11ClN2O3. The molecule has 0 bridgehead atoms. The number of nitro benzene ring substituents is 1.